The molecule has 7 aromatic rings. The number of pyridine rings is 1. The maximum atomic E-state index is 6.58. The average Bonchev–Trinajstić information content (AvgIpc) is 3.74. The fourth-order valence-corrected chi connectivity index (χ4v) is 7.27. The molecule has 0 saturated carbocycles. The van der Waals surface area contributed by atoms with E-state index < -0.39 is 0 Å². The first-order valence-electron chi connectivity index (χ1n) is 18.7. The molecule has 0 saturated heterocycles. The summed E-state index contributed by atoms with van der Waals surface area (Å²) >= 11 is 0. The third-order valence-electron chi connectivity index (χ3n) is 10.5. The van der Waals surface area contributed by atoms with Crippen LogP contribution in [0.4, 0.5) is 0 Å². The Morgan fingerprint density at radius 2 is 1.41 bits per heavy atom. The highest BCUT2D eigenvalue weighted by Crippen LogP contribution is 2.37. The second-order valence-electron chi connectivity index (χ2n) is 14.8. The minimum Gasteiger partial charge on any atom is -0.457 e. The molecule has 51 heavy (non-hydrogen) atoms. The lowest BCUT2D eigenvalue weighted by Crippen LogP contribution is -2.06. The highest BCUT2D eigenvalue weighted by atomic mass is 16.5. The number of aromatic nitrogens is 4. The van der Waals surface area contributed by atoms with E-state index in [1.165, 1.54) is 44.2 Å². The lowest BCUT2D eigenvalue weighted by atomic mass is 9.85. The second-order valence-corrected chi connectivity index (χ2v) is 14.8. The molecule has 0 bridgehead atoms. The molecule has 0 aliphatic carbocycles. The van der Waals surface area contributed by atoms with Crippen LogP contribution in [0.1, 0.15) is 82.6 Å². The van der Waals surface area contributed by atoms with Gasteiger partial charge in [0.25, 0.3) is 0 Å². The summed E-state index contributed by atoms with van der Waals surface area (Å²) in [5.74, 6) is 4.09. The van der Waals surface area contributed by atoms with E-state index in [0.29, 0.717) is 17.8 Å². The Morgan fingerprint density at radius 1 is 0.706 bits per heavy atom. The van der Waals surface area contributed by atoms with Crippen LogP contribution < -0.4 is 4.74 Å². The molecular weight excluding hydrogens is 625 g/mol. The zero-order valence-electron chi connectivity index (χ0n) is 31.1. The van der Waals surface area contributed by atoms with Crippen molar-refractivity contribution >= 4 is 21.8 Å². The van der Waals surface area contributed by atoms with Gasteiger partial charge in [0.2, 0.25) is 0 Å². The molecule has 0 amide bonds. The first-order valence-corrected chi connectivity index (χ1v) is 18.7. The lowest BCUT2D eigenvalue weighted by Gasteiger charge is -2.20. The molecule has 4 aromatic carbocycles. The van der Waals surface area contributed by atoms with Crippen molar-refractivity contribution in [3.05, 3.63) is 132 Å². The Labute approximate surface area is 302 Å². The van der Waals surface area contributed by atoms with E-state index in [0.717, 1.165) is 59.7 Å². The monoisotopic (exact) mass is 674 g/mol. The van der Waals surface area contributed by atoms with E-state index in [1.54, 1.807) is 0 Å². The quantitative estimate of drug-likeness (QED) is 0.130. The number of rotatable bonds is 12. The second kappa shape index (κ2) is 14.6. The minimum atomic E-state index is 0.410. The van der Waals surface area contributed by atoms with Crippen LogP contribution >= 0.6 is 0 Å². The summed E-state index contributed by atoms with van der Waals surface area (Å²) in [5, 5.41) is 7.26. The van der Waals surface area contributed by atoms with Gasteiger partial charge in [-0.2, -0.15) is 5.10 Å². The predicted octanol–water partition coefficient (Wildman–Crippen LogP) is 12.4. The Kier molecular flexibility index (Phi) is 9.82. The van der Waals surface area contributed by atoms with E-state index in [2.05, 4.69) is 138 Å². The molecule has 0 aliphatic rings. The van der Waals surface area contributed by atoms with Crippen LogP contribution in [0.15, 0.2) is 110 Å². The molecule has 2 unspecified atom stereocenters. The van der Waals surface area contributed by atoms with Crippen molar-refractivity contribution in [2.24, 2.45) is 11.8 Å². The molecule has 260 valence electrons. The third-order valence-corrected chi connectivity index (χ3v) is 10.5. The van der Waals surface area contributed by atoms with Crippen molar-refractivity contribution in [2.45, 2.75) is 80.1 Å². The van der Waals surface area contributed by atoms with E-state index in [9.17, 15) is 0 Å². The molecule has 0 spiro atoms. The fourth-order valence-electron chi connectivity index (χ4n) is 7.27. The van der Waals surface area contributed by atoms with E-state index in [1.807, 2.05) is 29.2 Å². The van der Waals surface area contributed by atoms with Gasteiger partial charge in [0, 0.05) is 40.9 Å². The number of fused-ring (bicyclic) bond motifs is 3. The Morgan fingerprint density at radius 3 is 2.14 bits per heavy atom. The van der Waals surface area contributed by atoms with E-state index in [-0.39, 0.29) is 0 Å². The van der Waals surface area contributed by atoms with Crippen LogP contribution in [0.5, 0.6) is 11.5 Å². The first-order chi connectivity index (χ1) is 24.7. The number of hydrogen-bond donors (Lipinski definition) is 0. The van der Waals surface area contributed by atoms with Crippen LogP contribution in [0, 0.1) is 18.8 Å². The number of ether oxygens (including phenoxy) is 1. The van der Waals surface area contributed by atoms with Crippen LogP contribution in [0.25, 0.3) is 44.4 Å². The topological polar surface area (TPSA) is 44.9 Å². The van der Waals surface area contributed by atoms with Gasteiger partial charge in [-0.05, 0) is 102 Å². The predicted molar refractivity (Wildman–Crippen MR) is 213 cm³/mol. The number of benzene rings is 4. The van der Waals surface area contributed by atoms with E-state index >= 15 is 0 Å². The van der Waals surface area contributed by atoms with Gasteiger partial charge in [0.15, 0.2) is 0 Å². The molecule has 3 aromatic heterocycles. The van der Waals surface area contributed by atoms with Crippen LogP contribution in [-0.4, -0.2) is 19.3 Å². The van der Waals surface area contributed by atoms with Gasteiger partial charge in [0.1, 0.15) is 17.3 Å². The van der Waals surface area contributed by atoms with Gasteiger partial charge in [-0.15, -0.1) is 0 Å². The lowest BCUT2D eigenvalue weighted by molar-refractivity contribution is 0.483. The Bertz CT molecular complexity index is 2280. The maximum Gasteiger partial charge on any atom is 0.137 e. The van der Waals surface area contributed by atoms with E-state index in [4.69, 9.17) is 14.8 Å². The maximum absolute atomic E-state index is 6.58. The SMILES string of the molecule is CCC(C)Cc1cc(C)cc(CC(C)CC)c1-c1cnn(-c2cccc(Oc3ccc4c5ccccc5n(-c5cc(C(C)C)ccn5)c4c3)c2)c1. The summed E-state index contributed by atoms with van der Waals surface area (Å²) < 4.78 is 10.8. The zero-order valence-corrected chi connectivity index (χ0v) is 31.1. The van der Waals surface area contributed by atoms with Gasteiger partial charge in [-0.25, -0.2) is 9.67 Å². The smallest absolute Gasteiger partial charge is 0.137 e. The number of hydrogen-bond acceptors (Lipinski definition) is 3. The molecule has 3 heterocycles. The highest BCUT2D eigenvalue weighted by molar-refractivity contribution is 6.09. The van der Waals surface area contributed by atoms with Gasteiger partial charge in [0.05, 0.1) is 22.9 Å². The molecule has 5 nitrogen and oxygen atoms in total. The zero-order chi connectivity index (χ0) is 35.6. The molecule has 0 N–H and O–H groups in total. The third kappa shape index (κ3) is 7.08. The molecule has 0 radical (unpaired) electrons. The number of nitrogens with zero attached hydrogens (tertiary/aromatic N) is 4. The summed E-state index contributed by atoms with van der Waals surface area (Å²) in [6.45, 7) is 15.9. The van der Waals surface area contributed by atoms with Crippen LogP contribution in [0.2, 0.25) is 0 Å². The summed E-state index contributed by atoms with van der Waals surface area (Å²) in [6.07, 6.45) is 10.6. The van der Waals surface area contributed by atoms with Crippen molar-refractivity contribution in [3.8, 4) is 34.1 Å². The van der Waals surface area contributed by atoms with Gasteiger partial charge < -0.3 is 4.74 Å². The highest BCUT2D eigenvalue weighted by Gasteiger charge is 2.19. The van der Waals surface area contributed by atoms with Gasteiger partial charge in [-0.1, -0.05) is 96.3 Å². The van der Waals surface area contributed by atoms with Crippen molar-refractivity contribution in [3.63, 3.8) is 0 Å². The van der Waals surface area contributed by atoms with Crippen molar-refractivity contribution in [1.82, 2.24) is 19.3 Å². The van der Waals surface area contributed by atoms with Crippen molar-refractivity contribution in [1.29, 1.82) is 0 Å². The summed E-state index contributed by atoms with van der Waals surface area (Å²) in [7, 11) is 0. The first kappa shape index (κ1) is 34.3. The van der Waals surface area contributed by atoms with Gasteiger partial charge >= 0.3 is 0 Å². The van der Waals surface area contributed by atoms with Crippen LogP contribution in [0.3, 0.4) is 0 Å². The van der Waals surface area contributed by atoms with Gasteiger partial charge in [-0.3, -0.25) is 4.57 Å². The summed E-state index contributed by atoms with van der Waals surface area (Å²) in [6, 6.07) is 32.2. The normalized spacial score (nSPS) is 12.9. The van der Waals surface area contributed by atoms with Crippen molar-refractivity contribution < 1.29 is 4.74 Å². The standard InChI is InChI=1S/C46H50N4O/c1-8-31(5)21-35-23-33(7)24-36(22-32(6)9-2)46(35)37-28-48-49(29-37)38-13-12-14-39(26-38)51-40-17-18-42-41-15-10-11-16-43(41)50(44(42)27-40)45-25-34(30(3)4)19-20-47-45/h10-20,23-32H,8-9,21-22H2,1-7H3. The number of para-hydroxylation sites is 1. The number of aryl methyl sites for hydroxylation is 1. The molecule has 0 aliphatic heterocycles. The van der Waals surface area contributed by atoms with Crippen molar-refractivity contribution in [2.75, 3.05) is 0 Å². The molecular formula is C46H50N4O. The van der Waals surface area contributed by atoms with Crippen LogP contribution in [-0.2, 0) is 12.8 Å². The molecule has 0 fully saturated rings. The fraction of sp³-hybridized carbons (Fsp3) is 0.304. The largest absolute Gasteiger partial charge is 0.457 e. The molecule has 5 heteroatoms. The molecule has 2 atom stereocenters. The Hall–Kier alpha value is -5.16. The molecule has 7 rings (SSSR count). The minimum absolute atomic E-state index is 0.410. The summed E-state index contributed by atoms with van der Waals surface area (Å²) in [4.78, 5) is 4.81. The Balaban J connectivity index is 1.23. The summed E-state index contributed by atoms with van der Waals surface area (Å²) in [5.41, 5.74) is 11.1. The average molecular weight is 675 g/mol.